The summed E-state index contributed by atoms with van der Waals surface area (Å²) in [6.07, 6.45) is 12.9. The van der Waals surface area contributed by atoms with Gasteiger partial charge in [-0.1, -0.05) is 0 Å². The van der Waals surface area contributed by atoms with Gasteiger partial charge in [0.25, 0.3) is 5.91 Å². The third-order valence-corrected chi connectivity index (χ3v) is 5.25. The van der Waals surface area contributed by atoms with E-state index < -0.39 is 0 Å². The Morgan fingerprint density at radius 2 is 2.04 bits per heavy atom. The van der Waals surface area contributed by atoms with Gasteiger partial charge in [-0.05, 0) is 32.1 Å². The monoisotopic (exact) mass is 377 g/mol. The maximum atomic E-state index is 12.7. The number of aryl methyl sites for hydroxylation is 1. The molecule has 0 N–H and O–H groups in total. The molecule has 0 spiro atoms. The minimum atomic E-state index is -0.0528. The smallest absolute Gasteiger partial charge is 0.274 e. The zero-order valence-electron chi connectivity index (χ0n) is 16.1. The highest BCUT2D eigenvalue weighted by atomic mass is 16.2. The van der Waals surface area contributed by atoms with Gasteiger partial charge in [-0.15, -0.1) is 0 Å². The van der Waals surface area contributed by atoms with Crippen molar-refractivity contribution in [2.75, 3.05) is 13.1 Å². The Morgan fingerprint density at radius 1 is 1.14 bits per heavy atom. The van der Waals surface area contributed by atoms with Crippen molar-refractivity contribution in [1.82, 2.24) is 34.4 Å². The summed E-state index contributed by atoms with van der Waals surface area (Å²) in [6.45, 7) is 3.42. The van der Waals surface area contributed by atoms with Gasteiger partial charge in [-0.25, -0.2) is 15.0 Å². The van der Waals surface area contributed by atoms with Crippen molar-refractivity contribution >= 4 is 5.91 Å². The molecule has 3 aromatic rings. The van der Waals surface area contributed by atoms with Crippen LogP contribution in [0.2, 0.25) is 0 Å². The fourth-order valence-corrected chi connectivity index (χ4v) is 3.65. The molecular formula is C20H23N7O. The number of hydrogen-bond acceptors (Lipinski definition) is 6. The van der Waals surface area contributed by atoms with Gasteiger partial charge >= 0.3 is 0 Å². The first-order valence-corrected chi connectivity index (χ1v) is 9.46. The topological polar surface area (TPSA) is 89.7 Å². The number of piperidine rings is 1. The van der Waals surface area contributed by atoms with Crippen LogP contribution in [0.5, 0.6) is 0 Å². The quantitative estimate of drug-likeness (QED) is 0.691. The summed E-state index contributed by atoms with van der Waals surface area (Å²) < 4.78 is 2.01. The molecule has 1 amide bonds. The summed E-state index contributed by atoms with van der Waals surface area (Å²) in [4.78, 5) is 36.2. The average Bonchev–Trinajstić information content (AvgIpc) is 3.07. The van der Waals surface area contributed by atoms with E-state index in [9.17, 15) is 4.79 Å². The predicted octanol–water partition coefficient (Wildman–Crippen LogP) is 2.07. The van der Waals surface area contributed by atoms with Gasteiger partial charge in [0.2, 0.25) is 0 Å². The van der Waals surface area contributed by atoms with Crippen LogP contribution in [0, 0.1) is 12.8 Å². The number of carbonyl (C=O) groups excluding carboxylic acids is 1. The second kappa shape index (κ2) is 7.84. The largest absolute Gasteiger partial charge is 0.337 e. The van der Waals surface area contributed by atoms with E-state index in [-0.39, 0.29) is 5.91 Å². The highest BCUT2D eigenvalue weighted by Crippen LogP contribution is 2.23. The van der Waals surface area contributed by atoms with Crippen LogP contribution in [-0.2, 0) is 13.5 Å². The number of carbonyl (C=O) groups is 1. The van der Waals surface area contributed by atoms with Crippen LogP contribution in [0.25, 0.3) is 11.4 Å². The Bertz CT molecular complexity index is 970. The van der Waals surface area contributed by atoms with E-state index in [1.54, 1.807) is 18.6 Å². The van der Waals surface area contributed by atoms with Gasteiger partial charge in [0.1, 0.15) is 17.2 Å². The lowest BCUT2D eigenvalue weighted by Crippen LogP contribution is -2.41. The highest BCUT2D eigenvalue weighted by Gasteiger charge is 2.26. The third kappa shape index (κ3) is 3.76. The number of nitrogens with zero attached hydrogens (tertiary/aromatic N) is 7. The Hall–Kier alpha value is -3.16. The molecule has 0 saturated carbocycles. The zero-order chi connectivity index (χ0) is 19.5. The van der Waals surface area contributed by atoms with Crippen molar-refractivity contribution < 1.29 is 4.79 Å². The summed E-state index contributed by atoms with van der Waals surface area (Å²) >= 11 is 0. The standard InChI is InChI=1S/C20H23N7O/c1-14-24-12-19(26(14)2)17-10-22-9-16(25-17)8-15-4-3-7-27(13-15)20(28)18-11-21-5-6-23-18/h5-6,9-12,15H,3-4,7-8,13H2,1-2H3/t15-/m1/s1. The molecule has 8 heteroatoms. The van der Waals surface area contributed by atoms with Crippen molar-refractivity contribution in [3.8, 4) is 11.4 Å². The van der Waals surface area contributed by atoms with Crippen molar-refractivity contribution in [3.05, 3.63) is 54.4 Å². The molecular weight excluding hydrogens is 354 g/mol. The fourth-order valence-electron chi connectivity index (χ4n) is 3.65. The van der Waals surface area contributed by atoms with E-state index in [1.165, 1.54) is 6.20 Å². The van der Waals surface area contributed by atoms with E-state index in [2.05, 4.69) is 19.9 Å². The maximum absolute atomic E-state index is 12.7. The summed E-state index contributed by atoms with van der Waals surface area (Å²) in [5.41, 5.74) is 3.12. The molecule has 0 bridgehead atoms. The molecule has 0 radical (unpaired) electrons. The minimum absolute atomic E-state index is 0.0528. The number of hydrogen-bond donors (Lipinski definition) is 0. The van der Waals surface area contributed by atoms with E-state index >= 15 is 0 Å². The lowest BCUT2D eigenvalue weighted by Gasteiger charge is -2.32. The Labute approximate surface area is 163 Å². The van der Waals surface area contributed by atoms with Gasteiger partial charge in [0.15, 0.2) is 0 Å². The molecule has 28 heavy (non-hydrogen) atoms. The third-order valence-electron chi connectivity index (χ3n) is 5.25. The predicted molar refractivity (Wildman–Crippen MR) is 103 cm³/mol. The molecule has 1 saturated heterocycles. The van der Waals surface area contributed by atoms with E-state index in [0.29, 0.717) is 18.2 Å². The van der Waals surface area contributed by atoms with Gasteiger partial charge in [0, 0.05) is 38.7 Å². The molecule has 1 fully saturated rings. The van der Waals surface area contributed by atoms with Crippen LogP contribution < -0.4 is 0 Å². The zero-order valence-corrected chi connectivity index (χ0v) is 16.1. The van der Waals surface area contributed by atoms with Crippen LogP contribution in [0.3, 0.4) is 0 Å². The van der Waals surface area contributed by atoms with Gasteiger partial charge < -0.3 is 9.47 Å². The van der Waals surface area contributed by atoms with Crippen molar-refractivity contribution in [2.24, 2.45) is 13.0 Å². The molecule has 0 unspecified atom stereocenters. The van der Waals surface area contributed by atoms with E-state index in [4.69, 9.17) is 4.98 Å². The Kier molecular flexibility index (Phi) is 5.10. The highest BCUT2D eigenvalue weighted by molar-refractivity contribution is 5.92. The molecule has 1 aliphatic heterocycles. The molecule has 0 aromatic carbocycles. The second-order valence-electron chi connectivity index (χ2n) is 7.20. The van der Waals surface area contributed by atoms with Crippen LogP contribution in [-0.4, -0.2) is 53.4 Å². The molecule has 144 valence electrons. The number of amides is 1. The molecule has 4 heterocycles. The minimum Gasteiger partial charge on any atom is -0.337 e. The maximum Gasteiger partial charge on any atom is 0.274 e. The van der Waals surface area contributed by atoms with Crippen LogP contribution in [0.4, 0.5) is 0 Å². The van der Waals surface area contributed by atoms with Gasteiger partial charge in [-0.2, -0.15) is 0 Å². The first-order valence-electron chi connectivity index (χ1n) is 9.46. The second-order valence-corrected chi connectivity index (χ2v) is 7.20. The first-order chi connectivity index (χ1) is 13.6. The van der Waals surface area contributed by atoms with Crippen molar-refractivity contribution in [3.63, 3.8) is 0 Å². The normalized spacial score (nSPS) is 16.9. The van der Waals surface area contributed by atoms with Crippen LogP contribution in [0.15, 0.2) is 37.2 Å². The molecule has 3 aromatic heterocycles. The van der Waals surface area contributed by atoms with Crippen molar-refractivity contribution in [2.45, 2.75) is 26.2 Å². The first kappa shape index (κ1) is 18.2. The number of imidazole rings is 1. The SMILES string of the molecule is Cc1ncc(-c2cncc(C[C@H]3CCCN(C(=O)c4cnccn4)C3)n2)n1C. The summed E-state index contributed by atoms with van der Waals surface area (Å²) in [6, 6.07) is 0. The van der Waals surface area contributed by atoms with Crippen molar-refractivity contribution in [1.29, 1.82) is 0 Å². The molecule has 0 aliphatic carbocycles. The summed E-state index contributed by atoms with van der Waals surface area (Å²) in [5, 5.41) is 0. The number of aromatic nitrogens is 6. The van der Waals surface area contributed by atoms with Crippen LogP contribution >= 0.6 is 0 Å². The lowest BCUT2D eigenvalue weighted by atomic mass is 9.93. The Morgan fingerprint density at radius 3 is 2.79 bits per heavy atom. The van der Waals surface area contributed by atoms with Crippen LogP contribution in [0.1, 0.15) is 34.8 Å². The molecule has 8 nitrogen and oxygen atoms in total. The summed E-state index contributed by atoms with van der Waals surface area (Å²) in [5.74, 6) is 1.24. The average molecular weight is 377 g/mol. The lowest BCUT2D eigenvalue weighted by molar-refractivity contribution is 0.0666. The van der Waals surface area contributed by atoms with E-state index in [0.717, 1.165) is 48.7 Å². The molecule has 4 rings (SSSR count). The summed E-state index contributed by atoms with van der Waals surface area (Å²) in [7, 11) is 1.98. The Balaban J connectivity index is 1.46. The van der Waals surface area contributed by atoms with E-state index in [1.807, 2.05) is 35.8 Å². The molecule has 1 atom stereocenters. The number of likely N-dealkylation sites (tertiary alicyclic amines) is 1. The van der Waals surface area contributed by atoms with Gasteiger partial charge in [0.05, 0.1) is 30.0 Å². The number of rotatable bonds is 4. The van der Waals surface area contributed by atoms with Gasteiger partial charge in [-0.3, -0.25) is 14.8 Å². The molecule has 1 aliphatic rings. The fraction of sp³-hybridized carbons (Fsp3) is 0.400.